The molecule has 4 rings (SSSR count). The molecule has 0 unspecified atom stereocenters. The van der Waals surface area contributed by atoms with Crippen molar-refractivity contribution in [3.8, 4) is 0 Å². The van der Waals surface area contributed by atoms with Crippen LogP contribution in [0.1, 0.15) is 12.0 Å². The number of imide groups is 1. The number of ether oxygens (including phenoxy) is 1. The van der Waals surface area contributed by atoms with Crippen LogP contribution in [0.25, 0.3) is 0 Å². The second-order valence-electron chi connectivity index (χ2n) is 6.03. The van der Waals surface area contributed by atoms with Crippen LogP contribution in [0.4, 0.5) is 0 Å². The lowest BCUT2D eigenvalue weighted by molar-refractivity contribution is -0.151. The minimum Gasteiger partial charge on any atom is -0.365 e. The maximum atomic E-state index is 12.4. The number of hydrogen-bond acceptors (Lipinski definition) is 4. The van der Waals surface area contributed by atoms with Gasteiger partial charge < -0.3 is 4.74 Å². The number of fused-ring (bicyclic) bond motifs is 5. The van der Waals surface area contributed by atoms with Crippen LogP contribution in [-0.2, 0) is 25.5 Å². The fraction of sp³-hybridized carbons (Fsp3) is 0.353. The molecule has 1 aromatic carbocycles. The highest BCUT2D eigenvalue weighted by atomic mass is 16.5. The van der Waals surface area contributed by atoms with Crippen LogP contribution < -0.4 is 5.43 Å². The van der Waals surface area contributed by atoms with Crippen molar-refractivity contribution >= 4 is 17.7 Å². The second-order valence-corrected chi connectivity index (χ2v) is 6.03. The van der Waals surface area contributed by atoms with Crippen molar-refractivity contribution in [1.82, 2.24) is 10.4 Å². The number of rotatable bonds is 4. The summed E-state index contributed by atoms with van der Waals surface area (Å²) in [5.74, 6) is -2.06. The molecule has 0 saturated carbocycles. The van der Waals surface area contributed by atoms with Crippen LogP contribution in [0.3, 0.4) is 0 Å². The van der Waals surface area contributed by atoms with Gasteiger partial charge in [0.2, 0.25) is 5.91 Å². The van der Waals surface area contributed by atoms with E-state index in [9.17, 15) is 14.4 Å². The van der Waals surface area contributed by atoms with Crippen LogP contribution in [0.2, 0.25) is 0 Å². The Bertz CT molecular complexity index is 670. The highest BCUT2D eigenvalue weighted by molar-refractivity contribution is 6.07. The monoisotopic (exact) mass is 312 g/mol. The van der Waals surface area contributed by atoms with E-state index in [1.165, 1.54) is 0 Å². The second kappa shape index (κ2) is 5.31. The maximum Gasteiger partial charge on any atom is 0.255 e. The molecule has 3 aliphatic heterocycles. The number of benzene rings is 1. The average Bonchev–Trinajstić information content (AvgIpc) is 3.24. The van der Waals surface area contributed by atoms with Crippen LogP contribution in [0.15, 0.2) is 42.5 Å². The molecule has 118 valence electrons. The van der Waals surface area contributed by atoms with Gasteiger partial charge in [0.15, 0.2) is 0 Å². The Labute approximate surface area is 133 Å². The molecule has 3 heterocycles. The Morgan fingerprint density at radius 2 is 1.65 bits per heavy atom. The lowest BCUT2D eigenvalue weighted by Gasteiger charge is -2.18. The van der Waals surface area contributed by atoms with E-state index in [2.05, 4.69) is 5.43 Å². The Morgan fingerprint density at radius 3 is 2.26 bits per heavy atom. The Balaban J connectivity index is 1.39. The zero-order valence-corrected chi connectivity index (χ0v) is 12.3. The summed E-state index contributed by atoms with van der Waals surface area (Å²) in [4.78, 5) is 36.8. The Morgan fingerprint density at radius 1 is 1.04 bits per heavy atom. The Kier molecular flexibility index (Phi) is 3.27. The van der Waals surface area contributed by atoms with E-state index in [1.807, 2.05) is 42.5 Å². The molecular weight excluding hydrogens is 296 g/mol. The van der Waals surface area contributed by atoms with Crippen molar-refractivity contribution < 1.29 is 19.1 Å². The van der Waals surface area contributed by atoms with Crippen LogP contribution in [-0.4, -0.2) is 34.9 Å². The predicted octanol–water partition coefficient (Wildman–Crippen LogP) is 0.589. The molecule has 3 aliphatic rings. The van der Waals surface area contributed by atoms with E-state index in [1.54, 1.807) is 0 Å². The van der Waals surface area contributed by atoms with Crippen LogP contribution in [0, 0.1) is 11.8 Å². The summed E-state index contributed by atoms with van der Waals surface area (Å²) in [6.45, 7) is 0. The smallest absolute Gasteiger partial charge is 0.255 e. The number of aryl methyl sites for hydroxylation is 1. The van der Waals surface area contributed by atoms with Gasteiger partial charge in [-0.15, -0.1) is 0 Å². The van der Waals surface area contributed by atoms with Gasteiger partial charge in [-0.2, -0.15) is 5.01 Å². The predicted molar refractivity (Wildman–Crippen MR) is 79.5 cm³/mol. The molecule has 2 bridgehead atoms. The summed E-state index contributed by atoms with van der Waals surface area (Å²) in [6.07, 6.45) is 3.74. The van der Waals surface area contributed by atoms with Crippen molar-refractivity contribution in [3.63, 3.8) is 0 Å². The van der Waals surface area contributed by atoms with E-state index >= 15 is 0 Å². The van der Waals surface area contributed by atoms with Crippen molar-refractivity contribution in [2.75, 3.05) is 0 Å². The third kappa shape index (κ3) is 2.26. The fourth-order valence-electron chi connectivity index (χ4n) is 3.50. The minimum absolute atomic E-state index is 0.220. The van der Waals surface area contributed by atoms with E-state index < -0.39 is 11.8 Å². The number of amides is 3. The summed E-state index contributed by atoms with van der Waals surface area (Å²) in [5, 5.41) is 0.887. The average molecular weight is 312 g/mol. The quantitative estimate of drug-likeness (QED) is 0.652. The zero-order valence-electron chi connectivity index (χ0n) is 12.3. The summed E-state index contributed by atoms with van der Waals surface area (Å²) in [7, 11) is 0. The fourth-order valence-corrected chi connectivity index (χ4v) is 3.50. The molecule has 2 fully saturated rings. The summed E-state index contributed by atoms with van der Waals surface area (Å²) < 4.78 is 5.55. The number of hydrazine groups is 1. The zero-order chi connectivity index (χ0) is 16.0. The number of hydrogen-bond donors (Lipinski definition) is 1. The topological polar surface area (TPSA) is 75.7 Å². The molecule has 1 aromatic rings. The lowest BCUT2D eigenvalue weighted by Crippen LogP contribution is -2.48. The molecule has 0 aliphatic carbocycles. The van der Waals surface area contributed by atoms with Crippen LogP contribution >= 0.6 is 0 Å². The Hall–Kier alpha value is -2.47. The molecule has 6 heteroatoms. The van der Waals surface area contributed by atoms with Crippen molar-refractivity contribution in [3.05, 3.63) is 48.0 Å². The van der Waals surface area contributed by atoms with Crippen molar-refractivity contribution in [2.45, 2.75) is 25.0 Å². The summed E-state index contributed by atoms with van der Waals surface area (Å²) in [6, 6.07) is 9.60. The van der Waals surface area contributed by atoms with Gasteiger partial charge in [-0.1, -0.05) is 42.5 Å². The number of carbonyl (C=O) groups is 3. The highest BCUT2D eigenvalue weighted by Gasteiger charge is 2.61. The first-order valence-corrected chi connectivity index (χ1v) is 7.70. The first-order valence-electron chi connectivity index (χ1n) is 7.70. The first-order chi connectivity index (χ1) is 11.1. The van der Waals surface area contributed by atoms with Gasteiger partial charge in [-0.25, -0.2) is 0 Å². The van der Waals surface area contributed by atoms with Gasteiger partial charge in [0, 0.05) is 6.42 Å². The maximum absolute atomic E-state index is 12.4. The minimum atomic E-state index is -0.494. The van der Waals surface area contributed by atoms with E-state index in [4.69, 9.17) is 4.74 Å². The van der Waals surface area contributed by atoms with E-state index in [0.717, 1.165) is 10.6 Å². The number of nitrogens with zero attached hydrogens (tertiary/aromatic N) is 1. The SMILES string of the molecule is O=C(CCc1ccccc1)NN1C(=O)[C@@H]2[C@H](C1=O)[C@H]1C=C[C@H]2O1. The lowest BCUT2D eigenvalue weighted by atomic mass is 9.85. The summed E-state index contributed by atoms with van der Waals surface area (Å²) in [5.41, 5.74) is 3.49. The van der Waals surface area contributed by atoms with E-state index in [-0.39, 0.29) is 36.4 Å². The van der Waals surface area contributed by atoms with Crippen molar-refractivity contribution in [2.24, 2.45) is 11.8 Å². The van der Waals surface area contributed by atoms with Gasteiger partial charge in [0.1, 0.15) is 0 Å². The molecule has 6 nitrogen and oxygen atoms in total. The van der Waals surface area contributed by atoms with Gasteiger partial charge >= 0.3 is 0 Å². The molecule has 1 N–H and O–H groups in total. The van der Waals surface area contributed by atoms with E-state index in [0.29, 0.717) is 6.42 Å². The largest absolute Gasteiger partial charge is 0.365 e. The van der Waals surface area contributed by atoms with Crippen LogP contribution in [0.5, 0.6) is 0 Å². The van der Waals surface area contributed by atoms with Gasteiger partial charge in [-0.3, -0.25) is 19.8 Å². The van der Waals surface area contributed by atoms with Crippen molar-refractivity contribution in [1.29, 1.82) is 0 Å². The molecule has 23 heavy (non-hydrogen) atoms. The molecule has 4 atom stereocenters. The molecule has 0 spiro atoms. The molecule has 2 saturated heterocycles. The molecule has 3 amide bonds. The standard InChI is InChI=1S/C17H16N2O4/c20-13(9-6-10-4-2-1-3-5-10)18-19-16(21)14-11-7-8-12(23-11)15(14)17(19)22/h1-5,7-8,11-12,14-15H,6,9H2,(H,18,20)/t11-,12-,14-,15+/m1/s1. The first kappa shape index (κ1) is 14.1. The number of carbonyl (C=O) groups excluding carboxylic acids is 3. The normalized spacial score (nSPS) is 30.9. The third-order valence-corrected chi connectivity index (χ3v) is 4.63. The summed E-state index contributed by atoms with van der Waals surface area (Å²) >= 11 is 0. The third-order valence-electron chi connectivity index (χ3n) is 4.63. The molecular formula is C17H16N2O4. The van der Waals surface area contributed by atoms with Gasteiger partial charge in [0.25, 0.3) is 11.8 Å². The number of nitrogens with one attached hydrogen (secondary N) is 1. The van der Waals surface area contributed by atoms with Gasteiger partial charge in [-0.05, 0) is 12.0 Å². The molecule has 0 radical (unpaired) electrons. The van der Waals surface area contributed by atoms with Gasteiger partial charge in [0.05, 0.1) is 24.0 Å². The highest BCUT2D eigenvalue weighted by Crippen LogP contribution is 2.44. The molecule has 0 aromatic heterocycles.